The lowest BCUT2D eigenvalue weighted by atomic mass is 9.75. The predicted molar refractivity (Wildman–Crippen MR) is 143 cm³/mol. The third kappa shape index (κ3) is 5.61. The fourth-order valence-corrected chi connectivity index (χ4v) is 4.63. The maximum Gasteiger partial charge on any atom is 0.401 e. The highest BCUT2D eigenvalue weighted by Crippen LogP contribution is 2.55. The van der Waals surface area contributed by atoms with Gasteiger partial charge in [0.15, 0.2) is 6.79 Å². The predicted octanol–water partition coefficient (Wildman–Crippen LogP) is 8.86. The highest BCUT2D eigenvalue weighted by molar-refractivity contribution is 7.43. The lowest BCUT2D eigenvalue weighted by molar-refractivity contribution is 0.0106. The van der Waals surface area contributed by atoms with Crippen molar-refractivity contribution in [3.05, 3.63) is 46.5 Å². The highest BCUT2D eigenvalue weighted by atomic mass is 31.2. The molecule has 0 aromatic heterocycles. The van der Waals surface area contributed by atoms with Crippen molar-refractivity contribution in [2.75, 3.05) is 6.79 Å². The second-order valence-electron chi connectivity index (χ2n) is 13.5. The number of rotatable bonds is 3. The minimum absolute atomic E-state index is 0.0772. The maximum absolute atomic E-state index is 11.7. The first-order valence-electron chi connectivity index (χ1n) is 12.1. The molecule has 0 spiro atoms. The Morgan fingerprint density at radius 1 is 0.647 bits per heavy atom. The first kappa shape index (κ1) is 27.0. The van der Waals surface area contributed by atoms with Gasteiger partial charge in [-0.2, -0.15) is 0 Å². The second kappa shape index (κ2) is 8.80. The topological polar surface area (TPSA) is 47.9 Å². The van der Waals surface area contributed by atoms with Gasteiger partial charge in [-0.3, -0.25) is 9.05 Å². The Balaban J connectivity index is 2.46. The van der Waals surface area contributed by atoms with Crippen LogP contribution < -0.4 is 4.52 Å². The van der Waals surface area contributed by atoms with E-state index in [-0.39, 0.29) is 28.5 Å². The van der Waals surface area contributed by atoms with E-state index in [2.05, 4.69) is 107 Å². The smallest absolute Gasteiger partial charge is 0.401 e. The van der Waals surface area contributed by atoms with Crippen LogP contribution in [0.2, 0.25) is 0 Å². The molecule has 0 bridgehead atoms. The zero-order chi connectivity index (χ0) is 25.9. The maximum atomic E-state index is 11.7. The molecule has 0 radical (unpaired) electrons. The molecule has 0 unspecified atom stereocenters. The van der Waals surface area contributed by atoms with Crippen molar-refractivity contribution in [3.8, 4) is 22.6 Å². The van der Waals surface area contributed by atoms with E-state index in [1.807, 2.05) is 0 Å². The van der Waals surface area contributed by atoms with Gasteiger partial charge in [0, 0.05) is 22.3 Å². The summed E-state index contributed by atoms with van der Waals surface area (Å²) in [5, 5.41) is 11.7. The van der Waals surface area contributed by atoms with E-state index in [9.17, 15) is 5.11 Å². The van der Waals surface area contributed by atoms with Crippen molar-refractivity contribution in [1.29, 1.82) is 0 Å². The number of phenols is 1. The monoisotopic (exact) mass is 486 g/mol. The van der Waals surface area contributed by atoms with Crippen LogP contribution in [0.1, 0.15) is 105 Å². The Labute approximate surface area is 208 Å². The SMILES string of the molecule is CC(C)(C)c1cc(-c2cc(C(C)(C)C)cc(C(C)(C)C)c2OP2OCO2)c(O)c(C(C)(C)C)c1. The average molecular weight is 487 g/mol. The molecule has 2 aromatic carbocycles. The van der Waals surface area contributed by atoms with Gasteiger partial charge in [0.05, 0.1) is 0 Å². The third-order valence-corrected chi connectivity index (χ3v) is 7.28. The second-order valence-corrected chi connectivity index (χ2v) is 14.7. The van der Waals surface area contributed by atoms with Crippen LogP contribution in [0.25, 0.3) is 11.1 Å². The Morgan fingerprint density at radius 2 is 1.09 bits per heavy atom. The number of aromatic hydroxyl groups is 1. The Hall–Kier alpha value is -1.61. The molecule has 1 aliphatic heterocycles. The zero-order valence-electron chi connectivity index (χ0n) is 23.1. The largest absolute Gasteiger partial charge is 0.507 e. The van der Waals surface area contributed by atoms with E-state index in [0.717, 1.165) is 28.0 Å². The molecule has 34 heavy (non-hydrogen) atoms. The average Bonchev–Trinajstić information content (AvgIpc) is 2.61. The standard InChI is InChI=1S/C29H43O4P/c1-26(2,3)18-13-20(24(30)22(15-18)28(7,8)9)21-14-19(27(4,5)6)16-23(29(10,11)12)25(21)33-34-31-17-32-34/h13-16,30H,17H2,1-12H3. The molecule has 5 heteroatoms. The van der Waals surface area contributed by atoms with E-state index in [1.165, 1.54) is 11.1 Å². The number of hydrogen-bond donors (Lipinski definition) is 1. The van der Waals surface area contributed by atoms with E-state index in [1.54, 1.807) is 0 Å². The summed E-state index contributed by atoms with van der Waals surface area (Å²) >= 11 is 0. The van der Waals surface area contributed by atoms with Gasteiger partial charge < -0.3 is 9.63 Å². The van der Waals surface area contributed by atoms with Crippen molar-refractivity contribution in [1.82, 2.24) is 0 Å². The van der Waals surface area contributed by atoms with Crippen LogP contribution in [0.15, 0.2) is 24.3 Å². The summed E-state index contributed by atoms with van der Waals surface area (Å²) in [6.45, 7) is 26.5. The highest BCUT2D eigenvalue weighted by Gasteiger charge is 2.34. The van der Waals surface area contributed by atoms with Gasteiger partial charge in [-0.25, -0.2) is 0 Å². The summed E-state index contributed by atoms with van der Waals surface area (Å²) < 4.78 is 17.4. The van der Waals surface area contributed by atoms with Gasteiger partial charge in [-0.1, -0.05) is 95.2 Å². The van der Waals surface area contributed by atoms with Crippen LogP contribution in [0.5, 0.6) is 11.5 Å². The first-order valence-corrected chi connectivity index (χ1v) is 13.2. The molecule has 1 aliphatic rings. The summed E-state index contributed by atoms with van der Waals surface area (Å²) in [4.78, 5) is 0. The fourth-order valence-electron chi connectivity index (χ4n) is 3.98. The van der Waals surface area contributed by atoms with Crippen LogP contribution in [-0.4, -0.2) is 11.9 Å². The molecule has 1 saturated heterocycles. The van der Waals surface area contributed by atoms with Gasteiger partial charge >= 0.3 is 8.60 Å². The van der Waals surface area contributed by atoms with Crippen LogP contribution in [0.3, 0.4) is 0 Å². The molecule has 1 heterocycles. The molecule has 1 N–H and O–H groups in total. The Bertz CT molecular complexity index is 1060. The Kier molecular flexibility index (Phi) is 6.99. The lowest BCUT2D eigenvalue weighted by Crippen LogP contribution is -2.20. The molecule has 3 rings (SSSR count). The number of hydrogen-bond acceptors (Lipinski definition) is 4. The van der Waals surface area contributed by atoms with Crippen LogP contribution in [0, 0.1) is 0 Å². The van der Waals surface area contributed by atoms with Gasteiger partial charge in [-0.05, 0) is 44.9 Å². The summed E-state index contributed by atoms with van der Waals surface area (Å²) in [6, 6.07) is 8.69. The van der Waals surface area contributed by atoms with Crippen LogP contribution in [-0.2, 0) is 30.7 Å². The quantitative estimate of drug-likeness (QED) is 0.440. The molecule has 0 atom stereocenters. The molecule has 4 nitrogen and oxygen atoms in total. The van der Waals surface area contributed by atoms with Crippen molar-refractivity contribution in [3.63, 3.8) is 0 Å². The van der Waals surface area contributed by atoms with Gasteiger partial charge in [0.2, 0.25) is 0 Å². The van der Waals surface area contributed by atoms with E-state index >= 15 is 0 Å². The van der Waals surface area contributed by atoms with E-state index < -0.39 is 8.60 Å². The molecule has 0 amide bonds. The minimum Gasteiger partial charge on any atom is -0.507 e. The van der Waals surface area contributed by atoms with Gasteiger partial charge in [-0.15, -0.1) is 0 Å². The normalized spacial score (nSPS) is 15.9. The van der Waals surface area contributed by atoms with Crippen LogP contribution in [0.4, 0.5) is 0 Å². The molecule has 2 aromatic rings. The number of phenolic OH excluding ortho intramolecular Hbond substituents is 1. The number of benzene rings is 2. The fraction of sp³-hybridized carbons (Fsp3) is 0.586. The van der Waals surface area contributed by atoms with Crippen molar-refractivity contribution >= 4 is 8.60 Å². The van der Waals surface area contributed by atoms with E-state index in [4.69, 9.17) is 13.6 Å². The molecule has 188 valence electrons. The summed E-state index contributed by atoms with van der Waals surface area (Å²) in [5.41, 5.74) is 5.49. The Morgan fingerprint density at radius 3 is 1.47 bits per heavy atom. The van der Waals surface area contributed by atoms with Crippen LogP contribution >= 0.6 is 8.60 Å². The zero-order valence-corrected chi connectivity index (χ0v) is 24.0. The van der Waals surface area contributed by atoms with Crippen molar-refractivity contribution < 1.29 is 18.7 Å². The summed E-state index contributed by atoms with van der Waals surface area (Å²) in [6.07, 6.45) is 0. The molecular formula is C29H43O4P. The van der Waals surface area contributed by atoms with Crippen molar-refractivity contribution in [2.24, 2.45) is 0 Å². The summed E-state index contributed by atoms with van der Waals surface area (Å²) in [7, 11) is -1.43. The minimum atomic E-state index is -1.43. The van der Waals surface area contributed by atoms with Crippen molar-refractivity contribution in [2.45, 2.75) is 105 Å². The molecule has 0 saturated carbocycles. The third-order valence-electron chi connectivity index (χ3n) is 6.32. The first-order chi connectivity index (χ1) is 15.3. The summed E-state index contributed by atoms with van der Waals surface area (Å²) in [5.74, 6) is 1.03. The molecule has 0 aliphatic carbocycles. The molecular weight excluding hydrogens is 443 g/mol. The molecule has 1 fully saturated rings. The van der Waals surface area contributed by atoms with Gasteiger partial charge in [0.1, 0.15) is 11.5 Å². The van der Waals surface area contributed by atoms with Gasteiger partial charge in [0.25, 0.3) is 0 Å². The lowest BCUT2D eigenvalue weighted by Gasteiger charge is -2.33. The van der Waals surface area contributed by atoms with E-state index in [0.29, 0.717) is 5.75 Å².